The molecule has 1 heterocycles. The SMILES string of the molecule is Cc1nc(COc2ccccc2C(=O)Nc2ccc(OCC(F)(F)F)cc2)no1. The Morgan fingerprint density at radius 3 is 2.48 bits per heavy atom. The van der Waals surface area contributed by atoms with Crippen LogP contribution in [0.1, 0.15) is 22.1 Å². The molecule has 29 heavy (non-hydrogen) atoms. The maximum Gasteiger partial charge on any atom is 0.422 e. The maximum absolute atomic E-state index is 12.6. The number of aryl methyl sites for hydroxylation is 1. The molecule has 1 aromatic heterocycles. The molecule has 3 aromatic rings. The summed E-state index contributed by atoms with van der Waals surface area (Å²) in [6.45, 7) is 0.285. The van der Waals surface area contributed by atoms with Crippen molar-refractivity contribution in [2.45, 2.75) is 19.7 Å². The Morgan fingerprint density at radius 1 is 1.10 bits per heavy atom. The van der Waals surface area contributed by atoms with Gasteiger partial charge >= 0.3 is 6.18 Å². The van der Waals surface area contributed by atoms with Crippen LogP contribution in [0.5, 0.6) is 11.5 Å². The van der Waals surface area contributed by atoms with Crippen molar-refractivity contribution >= 4 is 11.6 Å². The topological polar surface area (TPSA) is 86.5 Å². The Kier molecular flexibility index (Phi) is 6.01. The second-order valence-corrected chi connectivity index (χ2v) is 5.90. The first-order chi connectivity index (χ1) is 13.8. The molecule has 1 amide bonds. The van der Waals surface area contributed by atoms with Crippen molar-refractivity contribution < 1.29 is 32.0 Å². The van der Waals surface area contributed by atoms with E-state index in [1.54, 1.807) is 31.2 Å². The molecule has 0 unspecified atom stereocenters. The number of carbonyl (C=O) groups is 1. The van der Waals surface area contributed by atoms with Gasteiger partial charge in [0.2, 0.25) is 11.7 Å². The quantitative estimate of drug-likeness (QED) is 0.633. The minimum atomic E-state index is -4.42. The van der Waals surface area contributed by atoms with Crippen molar-refractivity contribution in [3.05, 3.63) is 65.8 Å². The summed E-state index contributed by atoms with van der Waals surface area (Å²) in [5.41, 5.74) is 0.656. The van der Waals surface area contributed by atoms with Crippen LogP contribution in [0.15, 0.2) is 53.1 Å². The van der Waals surface area contributed by atoms with Gasteiger partial charge in [0, 0.05) is 12.6 Å². The number of halogens is 3. The molecule has 3 rings (SSSR count). The molecule has 7 nitrogen and oxygen atoms in total. The zero-order valence-electron chi connectivity index (χ0n) is 15.2. The highest BCUT2D eigenvalue weighted by atomic mass is 19.4. The van der Waals surface area contributed by atoms with Crippen molar-refractivity contribution in [1.82, 2.24) is 10.1 Å². The molecule has 0 radical (unpaired) electrons. The highest BCUT2D eigenvalue weighted by Crippen LogP contribution is 2.23. The Balaban J connectivity index is 1.63. The van der Waals surface area contributed by atoms with Crippen molar-refractivity contribution in [2.75, 3.05) is 11.9 Å². The van der Waals surface area contributed by atoms with Gasteiger partial charge in [-0.3, -0.25) is 4.79 Å². The van der Waals surface area contributed by atoms with Gasteiger partial charge in [0.25, 0.3) is 5.91 Å². The molecular weight excluding hydrogens is 391 g/mol. The Hall–Kier alpha value is -3.56. The number of nitrogens with one attached hydrogen (secondary N) is 1. The molecule has 0 spiro atoms. The molecule has 0 aliphatic heterocycles. The first-order valence-electron chi connectivity index (χ1n) is 8.42. The zero-order chi connectivity index (χ0) is 20.9. The first kappa shape index (κ1) is 20.2. The molecule has 0 aliphatic carbocycles. The summed E-state index contributed by atoms with van der Waals surface area (Å²) >= 11 is 0. The average Bonchev–Trinajstić information content (AvgIpc) is 3.10. The number of amides is 1. The molecule has 0 saturated heterocycles. The third-order valence-electron chi connectivity index (χ3n) is 3.57. The lowest BCUT2D eigenvalue weighted by Crippen LogP contribution is -2.19. The number of carbonyl (C=O) groups excluding carboxylic acids is 1. The number of nitrogens with zero attached hydrogens (tertiary/aromatic N) is 2. The summed E-state index contributed by atoms with van der Waals surface area (Å²) in [5, 5.41) is 6.37. The Morgan fingerprint density at radius 2 is 1.83 bits per heavy atom. The summed E-state index contributed by atoms with van der Waals surface area (Å²) in [6, 6.07) is 12.1. The van der Waals surface area contributed by atoms with Crippen LogP contribution in [0.3, 0.4) is 0 Å². The van der Waals surface area contributed by atoms with Crippen LogP contribution >= 0.6 is 0 Å². The maximum atomic E-state index is 12.6. The number of ether oxygens (including phenoxy) is 2. The van der Waals surface area contributed by atoms with Gasteiger partial charge in [0.1, 0.15) is 11.5 Å². The van der Waals surface area contributed by atoms with Gasteiger partial charge in [-0.05, 0) is 36.4 Å². The fourth-order valence-electron chi connectivity index (χ4n) is 2.32. The van der Waals surface area contributed by atoms with Crippen LogP contribution in [0.25, 0.3) is 0 Å². The molecular formula is C19H16F3N3O4. The van der Waals surface area contributed by atoms with Crippen molar-refractivity contribution in [3.8, 4) is 11.5 Å². The normalized spacial score (nSPS) is 11.2. The van der Waals surface area contributed by atoms with Gasteiger partial charge in [-0.25, -0.2) is 0 Å². The van der Waals surface area contributed by atoms with Crippen LogP contribution in [-0.4, -0.2) is 28.8 Å². The number of para-hydroxylation sites is 1. The molecule has 10 heteroatoms. The third-order valence-corrected chi connectivity index (χ3v) is 3.57. The molecule has 0 saturated carbocycles. The average molecular weight is 407 g/mol. The first-order valence-corrected chi connectivity index (χ1v) is 8.42. The number of rotatable bonds is 7. The second-order valence-electron chi connectivity index (χ2n) is 5.90. The number of alkyl halides is 3. The number of benzene rings is 2. The summed E-state index contributed by atoms with van der Waals surface area (Å²) in [6.07, 6.45) is -4.42. The Labute approximate surface area is 163 Å². The summed E-state index contributed by atoms with van der Waals surface area (Å²) in [4.78, 5) is 16.6. The number of aromatic nitrogens is 2. The summed E-state index contributed by atoms with van der Waals surface area (Å²) in [7, 11) is 0. The van der Waals surface area contributed by atoms with E-state index in [0.29, 0.717) is 23.2 Å². The lowest BCUT2D eigenvalue weighted by molar-refractivity contribution is -0.153. The zero-order valence-corrected chi connectivity index (χ0v) is 15.2. The molecule has 0 atom stereocenters. The van der Waals surface area contributed by atoms with E-state index >= 15 is 0 Å². The van der Waals surface area contributed by atoms with Crippen LogP contribution < -0.4 is 14.8 Å². The largest absolute Gasteiger partial charge is 0.485 e. The van der Waals surface area contributed by atoms with Crippen molar-refractivity contribution in [3.63, 3.8) is 0 Å². The van der Waals surface area contributed by atoms with Crippen LogP contribution in [0.2, 0.25) is 0 Å². The van der Waals surface area contributed by atoms with E-state index in [9.17, 15) is 18.0 Å². The predicted molar refractivity (Wildman–Crippen MR) is 95.8 cm³/mol. The monoisotopic (exact) mass is 407 g/mol. The molecule has 1 N–H and O–H groups in total. The van der Waals surface area contributed by atoms with E-state index in [2.05, 4.69) is 20.2 Å². The van der Waals surface area contributed by atoms with E-state index in [1.165, 1.54) is 24.3 Å². The molecule has 2 aromatic carbocycles. The molecule has 0 bridgehead atoms. The fourth-order valence-corrected chi connectivity index (χ4v) is 2.32. The van der Waals surface area contributed by atoms with Crippen molar-refractivity contribution in [2.24, 2.45) is 0 Å². The summed E-state index contributed by atoms with van der Waals surface area (Å²) in [5.74, 6) is 0.648. The minimum absolute atomic E-state index is 0.0207. The highest BCUT2D eigenvalue weighted by Gasteiger charge is 2.28. The van der Waals surface area contributed by atoms with Gasteiger partial charge in [-0.1, -0.05) is 17.3 Å². The van der Waals surface area contributed by atoms with E-state index in [4.69, 9.17) is 9.26 Å². The Bertz CT molecular complexity index is 971. The highest BCUT2D eigenvalue weighted by molar-refractivity contribution is 6.06. The van der Waals surface area contributed by atoms with E-state index in [1.807, 2.05) is 0 Å². The van der Waals surface area contributed by atoms with E-state index < -0.39 is 18.7 Å². The van der Waals surface area contributed by atoms with Crippen molar-refractivity contribution in [1.29, 1.82) is 0 Å². The third kappa shape index (κ3) is 5.96. The van der Waals surface area contributed by atoms with Gasteiger partial charge in [-0.15, -0.1) is 0 Å². The number of hydrogen-bond donors (Lipinski definition) is 1. The second kappa shape index (κ2) is 8.63. The number of hydrogen-bond acceptors (Lipinski definition) is 6. The lowest BCUT2D eigenvalue weighted by atomic mass is 10.2. The predicted octanol–water partition coefficient (Wildman–Crippen LogP) is 4.15. The lowest BCUT2D eigenvalue weighted by Gasteiger charge is -2.12. The minimum Gasteiger partial charge on any atom is -0.485 e. The van der Waals surface area contributed by atoms with E-state index in [-0.39, 0.29) is 17.9 Å². The van der Waals surface area contributed by atoms with Gasteiger partial charge in [0.05, 0.1) is 5.56 Å². The van der Waals surface area contributed by atoms with Crippen LogP contribution in [0, 0.1) is 6.92 Å². The van der Waals surface area contributed by atoms with Gasteiger partial charge in [0.15, 0.2) is 13.2 Å². The van der Waals surface area contributed by atoms with E-state index in [0.717, 1.165) is 0 Å². The van der Waals surface area contributed by atoms with Gasteiger partial charge in [-0.2, -0.15) is 18.2 Å². The van der Waals surface area contributed by atoms with Gasteiger partial charge < -0.3 is 19.3 Å². The van der Waals surface area contributed by atoms with Crippen LogP contribution in [0.4, 0.5) is 18.9 Å². The fraction of sp³-hybridized carbons (Fsp3) is 0.211. The number of anilines is 1. The smallest absolute Gasteiger partial charge is 0.422 e. The van der Waals surface area contributed by atoms with Crippen LogP contribution in [-0.2, 0) is 6.61 Å². The molecule has 0 aliphatic rings. The molecule has 152 valence electrons. The summed E-state index contributed by atoms with van der Waals surface area (Å²) < 4.78 is 51.7. The molecule has 0 fully saturated rings. The standard InChI is InChI=1S/C19H16F3N3O4/c1-12-23-17(25-29-12)10-27-16-5-3-2-4-15(16)18(26)24-13-6-8-14(9-7-13)28-11-19(20,21)22/h2-9H,10-11H2,1H3,(H,24,26).